The largest absolute Gasteiger partial charge is 0.497 e. The van der Waals surface area contributed by atoms with Crippen LogP contribution < -0.4 is 9.64 Å². The molecule has 2 atom stereocenters. The number of aromatic nitrogens is 1. The monoisotopic (exact) mass is 401 g/mol. The molecule has 0 spiro atoms. The number of methoxy groups -OCH3 is 2. The van der Waals surface area contributed by atoms with Crippen molar-refractivity contribution < 1.29 is 19.5 Å². The van der Waals surface area contributed by atoms with Crippen LogP contribution in [-0.2, 0) is 17.8 Å². The Kier molecular flexibility index (Phi) is 8.59. The van der Waals surface area contributed by atoms with Crippen molar-refractivity contribution in [2.24, 2.45) is 5.92 Å². The summed E-state index contributed by atoms with van der Waals surface area (Å²) in [6.45, 7) is 4.02. The standard InChI is InChI=1S/C24H36N2O3/c1-28-19-23(27)18-25(15-20-8-4-3-5-9-20)17-22-11-7-13-26(22)16-21-10-6-12-24(14-21)29-2/h6-7,10-14,20,23,27H,3-5,8-9,15-19H2,1-2H3/p+1/t23-/m0/s1. The number of nitrogens with zero attached hydrogens (tertiary/aromatic N) is 1. The third-order valence-electron chi connectivity index (χ3n) is 6.03. The highest BCUT2D eigenvalue weighted by atomic mass is 16.5. The summed E-state index contributed by atoms with van der Waals surface area (Å²) >= 11 is 0. The van der Waals surface area contributed by atoms with E-state index in [-0.39, 0.29) is 0 Å². The second kappa shape index (κ2) is 11.4. The molecule has 1 heterocycles. The maximum absolute atomic E-state index is 10.4. The molecule has 0 amide bonds. The van der Waals surface area contributed by atoms with Gasteiger partial charge in [0.05, 0.1) is 26.0 Å². The van der Waals surface area contributed by atoms with Crippen LogP contribution in [0.15, 0.2) is 42.6 Å². The molecule has 5 heteroatoms. The molecule has 29 heavy (non-hydrogen) atoms. The lowest BCUT2D eigenvalue weighted by Gasteiger charge is -2.29. The van der Waals surface area contributed by atoms with Crippen molar-refractivity contribution in [1.82, 2.24) is 4.57 Å². The number of hydrogen-bond donors (Lipinski definition) is 2. The summed E-state index contributed by atoms with van der Waals surface area (Å²) in [4.78, 5) is 1.45. The van der Waals surface area contributed by atoms with Crippen molar-refractivity contribution in [1.29, 1.82) is 0 Å². The Hall–Kier alpha value is -1.82. The summed E-state index contributed by atoms with van der Waals surface area (Å²) in [5.74, 6) is 1.67. The van der Waals surface area contributed by atoms with E-state index in [1.54, 1.807) is 14.2 Å². The van der Waals surface area contributed by atoms with E-state index < -0.39 is 6.10 Å². The van der Waals surface area contributed by atoms with E-state index >= 15 is 0 Å². The van der Waals surface area contributed by atoms with Gasteiger partial charge in [-0.25, -0.2) is 0 Å². The maximum Gasteiger partial charge on any atom is 0.126 e. The van der Waals surface area contributed by atoms with Gasteiger partial charge in [0.1, 0.15) is 24.9 Å². The van der Waals surface area contributed by atoms with Crippen molar-refractivity contribution in [2.45, 2.75) is 51.3 Å². The second-order valence-corrected chi connectivity index (χ2v) is 8.43. The molecule has 1 aliphatic rings. The quantitative estimate of drug-likeness (QED) is 0.608. The van der Waals surface area contributed by atoms with Crippen molar-refractivity contribution in [3.8, 4) is 5.75 Å². The molecule has 1 unspecified atom stereocenters. The van der Waals surface area contributed by atoms with E-state index in [0.29, 0.717) is 6.61 Å². The molecule has 0 saturated heterocycles. The van der Waals surface area contributed by atoms with E-state index in [1.807, 2.05) is 12.1 Å². The highest BCUT2D eigenvalue weighted by Gasteiger charge is 2.23. The van der Waals surface area contributed by atoms with Crippen LogP contribution >= 0.6 is 0 Å². The summed E-state index contributed by atoms with van der Waals surface area (Å²) in [5, 5.41) is 10.4. The SMILES string of the molecule is COC[C@@H](O)C[NH+](Cc1cccn1Cc1cccc(OC)c1)CC1CCCCC1. The zero-order valence-corrected chi connectivity index (χ0v) is 18.0. The first kappa shape index (κ1) is 21.9. The van der Waals surface area contributed by atoms with Gasteiger partial charge >= 0.3 is 0 Å². The molecule has 0 bridgehead atoms. The lowest BCUT2D eigenvalue weighted by Crippen LogP contribution is -3.12. The molecule has 160 valence electrons. The Morgan fingerprint density at radius 2 is 1.97 bits per heavy atom. The minimum absolute atomic E-state index is 0.402. The highest BCUT2D eigenvalue weighted by Crippen LogP contribution is 2.22. The average Bonchev–Trinajstić information content (AvgIpc) is 3.15. The first-order chi connectivity index (χ1) is 14.2. The molecular formula is C24H37N2O3+. The minimum atomic E-state index is -0.416. The van der Waals surface area contributed by atoms with Gasteiger partial charge in [0, 0.05) is 25.8 Å². The molecule has 1 aliphatic carbocycles. The van der Waals surface area contributed by atoms with E-state index in [2.05, 4.69) is 35.0 Å². The smallest absolute Gasteiger partial charge is 0.126 e. The summed E-state index contributed by atoms with van der Waals surface area (Å²) in [5.41, 5.74) is 2.54. The van der Waals surface area contributed by atoms with Crippen LogP contribution in [-0.4, -0.2) is 49.7 Å². The van der Waals surface area contributed by atoms with Gasteiger partial charge in [0.15, 0.2) is 0 Å². The molecule has 1 aromatic carbocycles. The number of ether oxygens (including phenoxy) is 2. The molecule has 3 rings (SSSR count). The van der Waals surface area contributed by atoms with Crippen LogP contribution in [0.4, 0.5) is 0 Å². The van der Waals surface area contributed by atoms with Gasteiger partial charge in [0.25, 0.3) is 0 Å². The van der Waals surface area contributed by atoms with Crippen molar-refractivity contribution in [3.63, 3.8) is 0 Å². The Morgan fingerprint density at radius 3 is 2.72 bits per heavy atom. The van der Waals surface area contributed by atoms with E-state index in [1.165, 1.54) is 48.3 Å². The molecule has 0 aliphatic heterocycles. The van der Waals surface area contributed by atoms with Crippen LogP contribution in [0.2, 0.25) is 0 Å². The Morgan fingerprint density at radius 1 is 1.14 bits per heavy atom. The van der Waals surface area contributed by atoms with Gasteiger partial charge in [-0.1, -0.05) is 31.4 Å². The molecule has 2 N–H and O–H groups in total. The molecule has 1 fully saturated rings. The number of nitrogens with one attached hydrogen (secondary N) is 1. The van der Waals surface area contributed by atoms with Crippen LogP contribution in [0.1, 0.15) is 43.4 Å². The molecular weight excluding hydrogens is 364 g/mol. The second-order valence-electron chi connectivity index (χ2n) is 8.43. The van der Waals surface area contributed by atoms with Crippen molar-refractivity contribution in [2.75, 3.05) is 33.9 Å². The maximum atomic E-state index is 10.4. The van der Waals surface area contributed by atoms with E-state index in [4.69, 9.17) is 9.47 Å². The third-order valence-corrected chi connectivity index (χ3v) is 6.03. The van der Waals surface area contributed by atoms with Crippen molar-refractivity contribution >= 4 is 0 Å². The van der Waals surface area contributed by atoms with Gasteiger partial charge < -0.3 is 24.0 Å². The predicted molar refractivity (Wildman–Crippen MR) is 115 cm³/mol. The minimum Gasteiger partial charge on any atom is -0.497 e. The topological polar surface area (TPSA) is 48.1 Å². The molecule has 1 saturated carbocycles. The van der Waals surface area contributed by atoms with Gasteiger partial charge in [-0.2, -0.15) is 0 Å². The number of aliphatic hydroxyl groups is 1. The lowest BCUT2D eigenvalue weighted by atomic mass is 9.89. The summed E-state index contributed by atoms with van der Waals surface area (Å²) < 4.78 is 12.9. The first-order valence-corrected chi connectivity index (χ1v) is 11.0. The number of quaternary nitrogens is 1. The normalized spacial score (nSPS) is 17.2. The van der Waals surface area contributed by atoms with Gasteiger partial charge in [-0.15, -0.1) is 0 Å². The van der Waals surface area contributed by atoms with Crippen molar-refractivity contribution in [3.05, 3.63) is 53.9 Å². The fourth-order valence-corrected chi connectivity index (χ4v) is 4.60. The summed E-state index contributed by atoms with van der Waals surface area (Å²) in [6, 6.07) is 12.6. The van der Waals surface area contributed by atoms with Crippen LogP contribution in [0, 0.1) is 5.92 Å². The van der Waals surface area contributed by atoms with Gasteiger partial charge in [-0.3, -0.25) is 0 Å². The number of benzene rings is 1. The molecule has 5 nitrogen and oxygen atoms in total. The lowest BCUT2D eigenvalue weighted by molar-refractivity contribution is -0.920. The zero-order valence-electron chi connectivity index (χ0n) is 18.0. The van der Waals surface area contributed by atoms with Gasteiger partial charge in [0.2, 0.25) is 0 Å². The zero-order chi connectivity index (χ0) is 20.5. The first-order valence-electron chi connectivity index (χ1n) is 11.0. The van der Waals surface area contributed by atoms with Crippen LogP contribution in [0.3, 0.4) is 0 Å². The fourth-order valence-electron chi connectivity index (χ4n) is 4.60. The average molecular weight is 402 g/mol. The number of rotatable bonds is 11. The summed E-state index contributed by atoms with van der Waals surface area (Å²) in [7, 11) is 3.36. The fraction of sp³-hybridized carbons (Fsp3) is 0.583. The number of hydrogen-bond acceptors (Lipinski definition) is 3. The number of aliphatic hydroxyl groups excluding tert-OH is 1. The summed E-state index contributed by atoms with van der Waals surface area (Å²) in [6.07, 6.45) is 8.47. The van der Waals surface area contributed by atoms with Crippen LogP contribution in [0.5, 0.6) is 5.75 Å². The Labute approximate surface area is 175 Å². The van der Waals surface area contributed by atoms with E-state index in [9.17, 15) is 5.11 Å². The third kappa shape index (κ3) is 6.88. The molecule has 2 aromatic rings. The molecule has 0 radical (unpaired) electrons. The Balaban J connectivity index is 1.68. The Bertz CT molecular complexity index is 724. The highest BCUT2D eigenvalue weighted by molar-refractivity contribution is 5.29. The molecule has 1 aromatic heterocycles. The van der Waals surface area contributed by atoms with Crippen LogP contribution in [0.25, 0.3) is 0 Å². The van der Waals surface area contributed by atoms with E-state index in [0.717, 1.165) is 37.8 Å². The van der Waals surface area contributed by atoms with Gasteiger partial charge in [-0.05, 0) is 42.7 Å². The predicted octanol–water partition coefficient (Wildman–Crippen LogP) is 2.52.